The lowest BCUT2D eigenvalue weighted by molar-refractivity contribution is 0.183. The Labute approximate surface area is 159 Å². The summed E-state index contributed by atoms with van der Waals surface area (Å²) >= 11 is 8.49. The summed E-state index contributed by atoms with van der Waals surface area (Å²) in [6.07, 6.45) is 5.27. The molecule has 2 aliphatic heterocycles. The van der Waals surface area contributed by atoms with E-state index >= 15 is 0 Å². The number of fused-ring (bicyclic) bond motifs is 2. The van der Waals surface area contributed by atoms with E-state index in [1.165, 1.54) is 36.1 Å². The Balaban J connectivity index is 1.37. The second kappa shape index (κ2) is 7.61. The van der Waals surface area contributed by atoms with Crippen LogP contribution in [0.15, 0.2) is 53.4 Å². The zero-order chi connectivity index (χ0) is 17.2. The van der Waals surface area contributed by atoms with Gasteiger partial charge in [0.25, 0.3) is 0 Å². The van der Waals surface area contributed by atoms with Gasteiger partial charge in [-0.15, -0.1) is 11.8 Å². The van der Waals surface area contributed by atoms with E-state index < -0.39 is 0 Å². The highest BCUT2D eigenvalue weighted by molar-refractivity contribution is 8.00. The molecule has 2 nitrogen and oxygen atoms in total. The summed E-state index contributed by atoms with van der Waals surface area (Å²) in [4.78, 5) is 3.77. The molecule has 0 saturated carbocycles. The molecule has 25 heavy (non-hydrogen) atoms. The van der Waals surface area contributed by atoms with Gasteiger partial charge >= 0.3 is 0 Å². The van der Waals surface area contributed by atoms with Crippen LogP contribution in [0.1, 0.15) is 31.2 Å². The lowest BCUT2D eigenvalue weighted by Crippen LogP contribution is -2.40. The molecule has 0 amide bonds. The summed E-state index contributed by atoms with van der Waals surface area (Å²) in [5.41, 5.74) is 1.17. The topological polar surface area (TPSA) is 12.5 Å². The van der Waals surface area contributed by atoms with E-state index in [9.17, 15) is 0 Å². The van der Waals surface area contributed by atoms with Gasteiger partial charge in [-0.1, -0.05) is 41.9 Å². The molecule has 2 aromatic rings. The highest BCUT2D eigenvalue weighted by atomic mass is 35.5. The summed E-state index contributed by atoms with van der Waals surface area (Å²) in [6, 6.07) is 17.9. The van der Waals surface area contributed by atoms with E-state index in [0.29, 0.717) is 11.9 Å². The number of nitrogens with zero attached hydrogens (tertiary/aromatic N) is 1. The van der Waals surface area contributed by atoms with Crippen LogP contribution in [0.3, 0.4) is 0 Å². The first kappa shape index (κ1) is 17.3. The maximum Gasteiger partial charge on any atom is 0.121 e. The monoisotopic (exact) mass is 373 g/mol. The Hall–Kier alpha value is -1.16. The molecule has 2 bridgehead atoms. The Bertz CT molecular complexity index is 709. The van der Waals surface area contributed by atoms with Gasteiger partial charge in [0.05, 0.1) is 5.02 Å². The average Bonchev–Trinajstić information content (AvgIpc) is 2.84. The fraction of sp³-hybridized carbons (Fsp3) is 0.429. The molecule has 4 rings (SSSR count). The standard InChI is InChI=1S/C21H24ClNOS/c1-23-16-7-8-17(23)12-19(11-16)25-21-10-9-18(13-20(21)22)24-14-15-5-3-2-4-6-15/h2-6,9-10,13,16-17,19H,7-8,11-12,14H2,1H3/t16-,17+,19?. The summed E-state index contributed by atoms with van der Waals surface area (Å²) in [6.45, 7) is 0.571. The molecule has 0 spiro atoms. The van der Waals surface area contributed by atoms with Gasteiger partial charge in [0.2, 0.25) is 0 Å². The predicted octanol–water partition coefficient (Wildman–Crippen LogP) is 5.64. The summed E-state index contributed by atoms with van der Waals surface area (Å²) in [5, 5.41) is 1.49. The van der Waals surface area contributed by atoms with Crippen LogP contribution >= 0.6 is 23.4 Å². The first-order valence-electron chi connectivity index (χ1n) is 9.04. The highest BCUT2D eigenvalue weighted by Crippen LogP contribution is 2.43. The first-order chi connectivity index (χ1) is 12.2. The van der Waals surface area contributed by atoms with Crippen LogP contribution in [0.4, 0.5) is 0 Å². The molecule has 0 aromatic heterocycles. The number of hydrogen-bond donors (Lipinski definition) is 0. The van der Waals surface area contributed by atoms with Gasteiger partial charge in [-0.3, -0.25) is 0 Å². The maximum atomic E-state index is 6.54. The Morgan fingerprint density at radius 1 is 1.08 bits per heavy atom. The predicted molar refractivity (Wildman–Crippen MR) is 106 cm³/mol. The van der Waals surface area contributed by atoms with Gasteiger partial charge in [0.1, 0.15) is 12.4 Å². The van der Waals surface area contributed by atoms with Crippen molar-refractivity contribution in [1.82, 2.24) is 4.90 Å². The minimum absolute atomic E-state index is 0.571. The van der Waals surface area contributed by atoms with Crippen molar-refractivity contribution in [2.45, 2.75) is 54.5 Å². The summed E-state index contributed by atoms with van der Waals surface area (Å²) in [5.74, 6) is 0.835. The molecule has 2 heterocycles. The third-order valence-corrected chi connectivity index (χ3v) is 7.25. The van der Waals surface area contributed by atoms with Gasteiger partial charge in [0.15, 0.2) is 0 Å². The van der Waals surface area contributed by atoms with E-state index in [-0.39, 0.29) is 0 Å². The molecule has 2 fully saturated rings. The van der Waals surface area contributed by atoms with Crippen LogP contribution in [-0.4, -0.2) is 29.3 Å². The summed E-state index contributed by atoms with van der Waals surface area (Å²) in [7, 11) is 2.29. The lowest BCUT2D eigenvalue weighted by atomic mass is 10.0. The van der Waals surface area contributed by atoms with Gasteiger partial charge in [-0.2, -0.15) is 0 Å². The second-order valence-corrected chi connectivity index (χ2v) is 8.88. The molecular formula is C21H24ClNOS. The van der Waals surface area contributed by atoms with Crippen molar-refractivity contribution in [3.05, 3.63) is 59.1 Å². The minimum Gasteiger partial charge on any atom is -0.489 e. The van der Waals surface area contributed by atoms with Crippen LogP contribution in [0, 0.1) is 0 Å². The maximum absolute atomic E-state index is 6.54. The van der Waals surface area contributed by atoms with Gasteiger partial charge in [0, 0.05) is 22.2 Å². The molecule has 2 saturated heterocycles. The van der Waals surface area contributed by atoms with Crippen LogP contribution in [0.2, 0.25) is 5.02 Å². The second-order valence-electron chi connectivity index (χ2n) is 7.13. The molecule has 0 radical (unpaired) electrons. The van der Waals surface area contributed by atoms with Crippen molar-refractivity contribution >= 4 is 23.4 Å². The highest BCUT2D eigenvalue weighted by Gasteiger charge is 2.38. The Kier molecular flexibility index (Phi) is 5.25. The van der Waals surface area contributed by atoms with Crippen molar-refractivity contribution in [2.75, 3.05) is 7.05 Å². The molecule has 4 heteroatoms. The first-order valence-corrected chi connectivity index (χ1v) is 10.3. The summed E-state index contributed by atoms with van der Waals surface area (Å²) < 4.78 is 5.88. The normalized spacial score (nSPS) is 25.9. The van der Waals surface area contributed by atoms with Crippen molar-refractivity contribution in [1.29, 1.82) is 0 Å². The van der Waals surface area contributed by atoms with E-state index in [2.05, 4.69) is 30.1 Å². The Morgan fingerprint density at radius 3 is 2.48 bits per heavy atom. The number of thioether (sulfide) groups is 1. The third kappa shape index (κ3) is 3.99. The molecule has 132 valence electrons. The van der Waals surface area contributed by atoms with E-state index in [0.717, 1.165) is 22.9 Å². The SMILES string of the molecule is CN1[C@@H]2CC[C@H]1CC(Sc1ccc(OCc3ccccc3)cc1Cl)C2. The van der Waals surface area contributed by atoms with Crippen molar-refractivity contribution < 1.29 is 4.74 Å². The van der Waals surface area contributed by atoms with E-state index in [1.807, 2.05) is 42.1 Å². The van der Waals surface area contributed by atoms with Crippen molar-refractivity contribution in [3.63, 3.8) is 0 Å². The van der Waals surface area contributed by atoms with Crippen LogP contribution in [0.5, 0.6) is 5.75 Å². The smallest absolute Gasteiger partial charge is 0.121 e. The number of hydrogen-bond acceptors (Lipinski definition) is 3. The minimum atomic E-state index is 0.571. The van der Waals surface area contributed by atoms with Crippen molar-refractivity contribution in [3.8, 4) is 5.75 Å². The van der Waals surface area contributed by atoms with E-state index in [4.69, 9.17) is 16.3 Å². The zero-order valence-corrected chi connectivity index (χ0v) is 16.1. The molecule has 3 atom stereocenters. The van der Waals surface area contributed by atoms with Gasteiger partial charge in [-0.25, -0.2) is 0 Å². The fourth-order valence-electron chi connectivity index (χ4n) is 4.05. The number of ether oxygens (including phenoxy) is 1. The van der Waals surface area contributed by atoms with Crippen LogP contribution in [-0.2, 0) is 6.61 Å². The number of halogens is 1. The third-order valence-electron chi connectivity index (χ3n) is 5.50. The zero-order valence-electron chi connectivity index (χ0n) is 14.5. The van der Waals surface area contributed by atoms with Gasteiger partial charge in [-0.05, 0) is 56.5 Å². The molecule has 1 unspecified atom stereocenters. The molecular weight excluding hydrogens is 350 g/mol. The Morgan fingerprint density at radius 2 is 1.80 bits per heavy atom. The number of benzene rings is 2. The molecule has 2 aromatic carbocycles. The quantitative estimate of drug-likeness (QED) is 0.673. The van der Waals surface area contributed by atoms with Gasteiger partial charge < -0.3 is 9.64 Å². The molecule has 0 aliphatic carbocycles. The molecule has 0 N–H and O–H groups in total. The average molecular weight is 374 g/mol. The largest absolute Gasteiger partial charge is 0.489 e. The fourth-order valence-corrected chi connectivity index (χ4v) is 5.66. The van der Waals surface area contributed by atoms with Crippen molar-refractivity contribution in [2.24, 2.45) is 0 Å². The van der Waals surface area contributed by atoms with Crippen LogP contribution < -0.4 is 4.74 Å². The van der Waals surface area contributed by atoms with Crippen LogP contribution in [0.25, 0.3) is 0 Å². The van der Waals surface area contributed by atoms with E-state index in [1.54, 1.807) is 0 Å². The number of rotatable bonds is 5. The number of piperidine rings is 1. The lowest BCUT2D eigenvalue weighted by Gasteiger charge is -2.36. The molecule has 2 aliphatic rings.